The number of aryl methyl sites for hydroxylation is 1. The van der Waals surface area contributed by atoms with Crippen LogP contribution in [0.1, 0.15) is 22.7 Å². The minimum Gasteiger partial charge on any atom is -0.507 e. The number of aromatic hydroxyl groups is 1. The van der Waals surface area contributed by atoms with Crippen molar-refractivity contribution in [3.63, 3.8) is 0 Å². The smallest absolute Gasteiger partial charge is 0.301 e. The number of ether oxygens (including phenoxy) is 1. The van der Waals surface area contributed by atoms with E-state index in [0.29, 0.717) is 16.3 Å². The second kappa shape index (κ2) is 7.64. The van der Waals surface area contributed by atoms with Crippen molar-refractivity contribution in [2.75, 3.05) is 12.0 Å². The molecule has 0 spiro atoms. The van der Waals surface area contributed by atoms with Gasteiger partial charge in [-0.05, 0) is 24.6 Å². The number of hydrogen-bond donors (Lipinski definition) is 2. The third-order valence-electron chi connectivity index (χ3n) is 4.91. The molecule has 1 atom stereocenters. The fourth-order valence-corrected chi connectivity index (χ4v) is 4.08. The molecule has 0 bridgehead atoms. The summed E-state index contributed by atoms with van der Waals surface area (Å²) in [5.41, 5.74) is 1.86. The maximum atomic E-state index is 13.0. The number of nitrogens with zero attached hydrogens (tertiary/aromatic N) is 2. The molecule has 0 saturated carbocycles. The highest BCUT2D eigenvalue weighted by atomic mass is 32.1. The Kier molecular flexibility index (Phi) is 5.01. The number of aliphatic hydroxyl groups excluding tert-OH is 1. The van der Waals surface area contributed by atoms with Crippen molar-refractivity contribution in [1.82, 2.24) is 4.98 Å². The van der Waals surface area contributed by atoms with E-state index in [1.165, 1.54) is 41.7 Å². The number of aliphatic hydroxyl groups is 1. The van der Waals surface area contributed by atoms with Crippen LogP contribution in [0.5, 0.6) is 11.5 Å². The van der Waals surface area contributed by atoms with Gasteiger partial charge in [0.2, 0.25) is 0 Å². The molecule has 1 aliphatic heterocycles. The van der Waals surface area contributed by atoms with Gasteiger partial charge in [0.25, 0.3) is 5.78 Å². The summed E-state index contributed by atoms with van der Waals surface area (Å²) >= 11 is 1.21. The normalized spacial score (nSPS) is 18.1. The number of phenolic OH excluding ortho intramolecular Hbond substituents is 1. The zero-order valence-corrected chi connectivity index (χ0v) is 17.0. The van der Waals surface area contributed by atoms with Crippen LogP contribution in [-0.2, 0) is 9.59 Å². The minimum absolute atomic E-state index is 0.0493. The average molecular weight is 422 g/mol. The van der Waals surface area contributed by atoms with Gasteiger partial charge in [0, 0.05) is 17.1 Å². The first-order valence-corrected chi connectivity index (χ1v) is 9.94. The lowest BCUT2D eigenvalue weighted by molar-refractivity contribution is -0.132. The number of carbonyl (C=O) groups excluding carboxylic acids is 2. The van der Waals surface area contributed by atoms with Crippen molar-refractivity contribution in [2.45, 2.75) is 13.0 Å². The molecule has 1 aromatic heterocycles. The molecular formula is C22H18N2O5S. The number of thiazole rings is 1. The first-order valence-electron chi connectivity index (χ1n) is 9.06. The van der Waals surface area contributed by atoms with Crippen molar-refractivity contribution >= 4 is 33.9 Å². The van der Waals surface area contributed by atoms with E-state index < -0.39 is 17.7 Å². The molecule has 8 heteroatoms. The zero-order chi connectivity index (χ0) is 21.4. The number of aromatic nitrogens is 1. The number of phenols is 1. The van der Waals surface area contributed by atoms with Crippen LogP contribution >= 0.6 is 11.3 Å². The Morgan fingerprint density at radius 2 is 1.90 bits per heavy atom. The Balaban J connectivity index is 1.95. The van der Waals surface area contributed by atoms with Gasteiger partial charge in [0.1, 0.15) is 5.76 Å². The van der Waals surface area contributed by atoms with E-state index in [-0.39, 0.29) is 22.8 Å². The Hall–Kier alpha value is -3.65. The van der Waals surface area contributed by atoms with Gasteiger partial charge < -0.3 is 14.9 Å². The Labute approximate surface area is 176 Å². The maximum absolute atomic E-state index is 13.0. The summed E-state index contributed by atoms with van der Waals surface area (Å²) in [4.78, 5) is 31.4. The molecule has 1 amide bonds. The topological polar surface area (TPSA) is 100.0 Å². The summed E-state index contributed by atoms with van der Waals surface area (Å²) in [5.74, 6) is -1.75. The fraction of sp³-hybridized carbons (Fsp3) is 0.136. The van der Waals surface area contributed by atoms with Gasteiger partial charge in [-0.1, -0.05) is 35.9 Å². The van der Waals surface area contributed by atoms with E-state index >= 15 is 0 Å². The van der Waals surface area contributed by atoms with E-state index in [1.807, 2.05) is 19.1 Å². The Morgan fingerprint density at radius 3 is 2.53 bits per heavy atom. The number of amides is 1. The van der Waals surface area contributed by atoms with Gasteiger partial charge in [-0.2, -0.15) is 0 Å². The SMILES string of the molecule is COc1cc([C@@H]2C(=C(O)c3ccc(C)cc3)C(=O)C(=O)N2c2nccs2)ccc1O. The van der Waals surface area contributed by atoms with Crippen molar-refractivity contribution in [3.8, 4) is 11.5 Å². The monoisotopic (exact) mass is 422 g/mol. The highest BCUT2D eigenvalue weighted by molar-refractivity contribution is 7.14. The van der Waals surface area contributed by atoms with Crippen LogP contribution in [0.15, 0.2) is 59.6 Å². The zero-order valence-electron chi connectivity index (χ0n) is 16.2. The van der Waals surface area contributed by atoms with Gasteiger partial charge >= 0.3 is 5.91 Å². The molecule has 0 radical (unpaired) electrons. The molecule has 1 aliphatic rings. The number of benzene rings is 2. The molecule has 1 fully saturated rings. The van der Waals surface area contributed by atoms with E-state index in [4.69, 9.17) is 4.74 Å². The summed E-state index contributed by atoms with van der Waals surface area (Å²) in [6.45, 7) is 1.91. The van der Waals surface area contributed by atoms with E-state index in [1.54, 1.807) is 23.6 Å². The van der Waals surface area contributed by atoms with E-state index in [9.17, 15) is 19.8 Å². The largest absolute Gasteiger partial charge is 0.507 e. The second-order valence-corrected chi connectivity index (χ2v) is 7.65. The highest BCUT2D eigenvalue weighted by Gasteiger charge is 2.48. The van der Waals surface area contributed by atoms with Crippen LogP contribution in [0.4, 0.5) is 5.13 Å². The molecule has 4 rings (SSSR count). The van der Waals surface area contributed by atoms with Crippen molar-refractivity contribution < 1.29 is 24.5 Å². The van der Waals surface area contributed by atoms with Gasteiger partial charge in [-0.25, -0.2) is 4.98 Å². The van der Waals surface area contributed by atoms with Gasteiger partial charge in [0.05, 0.1) is 18.7 Å². The first-order chi connectivity index (χ1) is 14.4. The summed E-state index contributed by atoms with van der Waals surface area (Å²) in [6, 6.07) is 10.6. The Bertz CT molecular complexity index is 1150. The standard InChI is InChI=1S/C22H18N2O5S/c1-12-3-5-13(6-4-12)19(26)17-18(14-7-8-15(25)16(11-14)29-2)24(21(28)20(17)27)22-23-9-10-30-22/h3-11,18,25-26H,1-2H3/t18-/m1/s1. The van der Waals surface area contributed by atoms with Crippen LogP contribution < -0.4 is 9.64 Å². The molecule has 1 saturated heterocycles. The van der Waals surface area contributed by atoms with Gasteiger partial charge in [0.15, 0.2) is 16.6 Å². The second-order valence-electron chi connectivity index (χ2n) is 6.78. The molecule has 30 heavy (non-hydrogen) atoms. The van der Waals surface area contributed by atoms with Crippen LogP contribution in [0.2, 0.25) is 0 Å². The predicted octanol–water partition coefficient (Wildman–Crippen LogP) is 3.79. The third kappa shape index (κ3) is 3.21. The maximum Gasteiger partial charge on any atom is 0.301 e. The number of hydrogen-bond acceptors (Lipinski definition) is 7. The van der Waals surface area contributed by atoms with Crippen molar-refractivity contribution in [1.29, 1.82) is 0 Å². The third-order valence-corrected chi connectivity index (χ3v) is 5.69. The lowest BCUT2D eigenvalue weighted by Gasteiger charge is -2.23. The van der Waals surface area contributed by atoms with Crippen molar-refractivity contribution in [3.05, 3.63) is 76.3 Å². The number of methoxy groups -OCH3 is 1. The molecular weight excluding hydrogens is 404 g/mol. The van der Waals surface area contributed by atoms with Crippen LogP contribution in [-0.4, -0.2) is 34.0 Å². The summed E-state index contributed by atoms with van der Waals surface area (Å²) in [6.07, 6.45) is 1.54. The van der Waals surface area contributed by atoms with Crippen LogP contribution in [0.3, 0.4) is 0 Å². The number of carbonyl (C=O) groups is 2. The van der Waals surface area contributed by atoms with Crippen LogP contribution in [0, 0.1) is 6.92 Å². The highest BCUT2D eigenvalue weighted by Crippen LogP contribution is 2.44. The molecule has 3 aromatic rings. The quantitative estimate of drug-likeness (QED) is 0.377. The predicted molar refractivity (Wildman–Crippen MR) is 113 cm³/mol. The molecule has 2 N–H and O–H groups in total. The molecule has 0 aliphatic carbocycles. The first kappa shape index (κ1) is 19.7. The average Bonchev–Trinajstić information content (AvgIpc) is 3.35. The van der Waals surface area contributed by atoms with E-state index in [0.717, 1.165) is 5.56 Å². The summed E-state index contributed by atoms with van der Waals surface area (Å²) < 4.78 is 5.19. The minimum atomic E-state index is -0.924. The molecule has 7 nitrogen and oxygen atoms in total. The lowest BCUT2D eigenvalue weighted by atomic mass is 9.95. The number of ketones is 1. The molecule has 2 aromatic carbocycles. The van der Waals surface area contributed by atoms with Crippen molar-refractivity contribution in [2.24, 2.45) is 0 Å². The molecule has 2 heterocycles. The van der Waals surface area contributed by atoms with E-state index in [2.05, 4.69) is 4.98 Å². The number of Topliss-reactive ketones (excluding diaryl/α,β-unsaturated/α-hetero) is 1. The lowest BCUT2D eigenvalue weighted by Crippen LogP contribution is -2.29. The Morgan fingerprint density at radius 1 is 1.17 bits per heavy atom. The molecule has 0 unspecified atom stereocenters. The number of anilines is 1. The van der Waals surface area contributed by atoms with Gasteiger partial charge in [-0.15, -0.1) is 11.3 Å². The van der Waals surface area contributed by atoms with Crippen LogP contribution in [0.25, 0.3) is 5.76 Å². The summed E-state index contributed by atoms with van der Waals surface area (Å²) in [5, 5.41) is 23.0. The van der Waals surface area contributed by atoms with Gasteiger partial charge in [-0.3, -0.25) is 14.5 Å². The fourth-order valence-electron chi connectivity index (χ4n) is 3.41. The number of rotatable bonds is 4. The summed E-state index contributed by atoms with van der Waals surface area (Å²) in [7, 11) is 1.41. The molecule has 152 valence electrons.